The Hall–Kier alpha value is -5.02. The number of allylic oxidation sites excluding steroid dienone is 6. The molecule has 8 nitrogen and oxygen atoms in total. The maximum Gasteiger partial charge on any atom is 0.238 e. The van der Waals surface area contributed by atoms with Gasteiger partial charge in [0.05, 0.1) is 31.7 Å². The lowest BCUT2D eigenvalue weighted by atomic mass is 9.59. The molecular formula is C39H32BrNO7. The Labute approximate surface area is 286 Å². The number of rotatable bonds is 6. The SMILES string of the molecule is COc1ccc(OC)c(C=Cc2ccc(N3C(=O)C4CC=C5C(c6cc(Br)ccc6O)C6=C(CC5C4C3=O)C(=O)C(C)=CC6=O)cc2)c1. The summed E-state index contributed by atoms with van der Waals surface area (Å²) in [5, 5.41) is 11.0. The van der Waals surface area contributed by atoms with Crippen molar-refractivity contribution in [3.8, 4) is 17.2 Å². The largest absolute Gasteiger partial charge is 0.508 e. The maximum absolute atomic E-state index is 14.3. The number of halogens is 1. The van der Waals surface area contributed by atoms with E-state index in [-0.39, 0.29) is 35.6 Å². The lowest BCUT2D eigenvalue weighted by molar-refractivity contribution is -0.123. The molecule has 242 valence electrons. The van der Waals surface area contributed by atoms with Gasteiger partial charge < -0.3 is 14.6 Å². The van der Waals surface area contributed by atoms with E-state index in [0.29, 0.717) is 50.4 Å². The van der Waals surface area contributed by atoms with Gasteiger partial charge in [-0.1, -0.05) is 51.9 Å². The van der Waals surface area contributed by atoms with Crippen molar-refractivity contribution in [3.63, 3.8) is 0 Å². The number of ketones is 2. The van der Waals surface area contributed by atoms with Crippen LogP contribution in [-0.4, -0.2) is 42.7 Å². The summed E-state index contributed by atoms with van der Waals surface area (Å²) < 4.78 is 11.5. The number of phenolic OH excluding ortho intramolecular Hbond substituents is 1. The number of imide groups is 1. The average molecular weight is 707 g/mol. The van der Waals surface area contributed by atoms with Crippen molar-refractivity contribution in [1.29, 1.82) is 0 Å². The van der Waals surface area contributed by atoms with Crippen LogP contribution in [0.15, 0.2) is 99.6 Å². The number of phenols is 1. The van der Waals surface area contributed by atoms with E-state index in [1.54, 1.807) is 51.5 Å². The Morgan fingerprint density at radius 3 is 2.40 bits per heavy atom. The molecule has 3 aromatic rings. The number of fused-ring (bicyclic) bond motifs is 3. The Kier molecular flexibility index (Phi) is 8.03. The molecule has 7 rings (SSSR count). The van der Waals surface area contributed by atoms with Gasteiger partial charge in [0.25, 0.3) is 0 Å². The Morgan fingerprint density at radius 1 is 0.896 bits per heavy atom. The van der Waals surface area contributed by atoms with Crippen LogP contribution in [-0.2, 0) is 19.2 Å². The number of methoxy groups -OCH3 is 2. The molecular weight excluding hydrogens is 674 g/mol. The van der Waals surface area contributed by atoms with Crippen molar-refractivity contribution in [1.82, 2.24) is 0 Å². The van der Waals surface area contributed by atoms with Crippen LogP contribution in [0.5, 0.6) is 17.2 Å². The van der Waals surface area contributed by atoms with Gasteiger partial charge in [0, 0.05) is 38.2 Å². The molecule has 1 N–H and O–H groups in total. The number of hydrogen-bond acceptors (Lipinski definition) is 7. The molecule has 4 atom stereocenters. The summed E-state index contributed by atoms with van der Waals surface area (Å²) in [7, 11) is 3.21. The van der Waals surface area contributed by atoms with Crippen LogP contribution in [0.2, 0.25) is 0 Å². The van der Waals surface area contributed by atoms with E-state index in [1.807, 2.05) is 48.6 Å². The van der Waals surface area contributed by atoms with E-state index < -0.39 is 23.7 Å². The summed E-state index contributed by atoms with van der Waals surface area (Å²) in [6.07, 6.45) is 7.60. The summed E-state index contributed by atoms with van der Waals surface area (Å²) in [5.74, 6) is -2.26. The fraction of sp³-hybridized carbons (Fsp3) is 0.231. The third-order valence-corrected chi connectivity index (χ3v) is 10.4. The summed E-state index contributed by atoms with van der Waals surface area (Å²) >= 11 is 3.48. The highest BCUT2D eigenvalue weighted by Gasteiger charge is 2.56. The second-order valence-corrected chi connectivity index (χ2v) is 13.4. The van der Waals surface area contributed by atoms with Gasteiger partial charge in [0.15, 0.2) is 11.6 Å². The molecule has 9 heteroatoms. The third-order valence-electron chi connectivity index (χ3n) is 9.91. The average Bonchev–Trinajstić information content (AvgIpc) is 3.35. The molecule has 48 heavy (non-hydrogen) atoms. The van der Waals surface area contributed by atoms with E-state index in [0.717, 1.165) is 16.7 Å². The monoisotopic (exact) mass is 705 g/mol. The maximum atomic E-state index is 14.3. The first-order chi connectivity index (χ1) is 23.1. The van der Waals surface area contributed by atoms with Crippen molar-refractivity contribution < 1.29 is 33.8 Å². The highest BCUT2D eigenvalue weighted by Crippen LogP contribution is 2.56. The lowest BCUT2D eigenvalue weighted by Crippen LogP contribution is -2.39. The van der Waals surface area contributed by atoms with Gasteiger partial charge in [-0.25, -0.2) is 0 Å². The zero-order chi connectivity index (χ0) is 33.9. The van der Waals surface area contributed by atoms with Gasteiger partial charge in [-0.05, 0) is 85.9 Å². The van der Waals surface area contributed by atoms with Gasteiger partial charge in [-0.3, -0.25) is 24.1 Å². The number of Topliss-reactive ketones (excluding diaryl/α,β-unsaturated/α-hetero) is 1. The smallest absolute Gasteiger partial charge is 0.238 e. The number of hydrogen-bond donors (Lipinski definition) is 1. The van der Waals surface area contributed by atoms with Crippen molar-refractivity contribution >= 4 is 57.2 Å². The number of amides is 2. The molecule has 0 saturated carbocycles. The quantitative estimate of drug-likeness (QED) is 0.128. The van der Waals surface area contributed by atoms with Crippen LogP contribution in [0.25, 0.3) is 12.2 Å². The molecule has 0 bridgehead atoms. The van der Waals surface area contributed by atoms with E-state index in [9.17, 15) is 24.3 Å². The molecule has 3 aliphatic carbocycles. The molecule has 3 aromatic carbocycles. The molecule has 1 heterocycles. The second-order valence-electron chi connectivity index (χ2n) is 12.5. The number of nitrogens with zero attached hydrogens (tertiary/aromatic N) is 1. The fourth-order valence-electron chi connectivity index (χ4n) is 7.64. The first-order valence-corrected chi connectivity index (χ1v) is 16.5. The molecule has 0 aromatic heterocycles. The Bertz CT molecular complexity index is 2040. The molecule has 2 amide bonds. The predicted octanol–water partition coefficient (Wildman–Crippen LogP) is 6.98. The zero-order valence-corrected chi connectivity index (χ0v) is 28.1. The van der Waals surface area contributed by atoms with E-state index >= 15 is 0 Å². The molecule has 1 aliphatic heterocycles. The highest BCUT2D eigenvalue weighted by molar-refractivity contribution is 9.10. The fourth-order valence-corrected chi connectivity index (χ4v) is 8.02. The number of carbonyl (C=O) groups is 4. The summed E-state index contributed by atoms with van der Waals surface area (Å²) in [5.41, 5.74) is 4.46. The number of ether oxygens (including phenoxy) is 2. The van der Waals surface area contributed by atoms with E-state index in [2.05, 4.69) is 15.9 Å². The van der Waals surface area contributed by atoms with Crippen molar-refractivity contribution in [2.45, 2.75) is 25.7 Å². The molecule has 1 saturated heterocycles. The minimum absolute atomic E-state index is 0.0142. The normalized spacial score (nSPS) is 23.5. The summed E-state index contributed by atoms with van der Waals surface area (Å²) in [6, 6.07) is 17.7. The van der Waals surface area contributed by atoms with Crippen LogP contribution >= 0.6 is 15.9 Å². The van der Waals surface area contributed by atoms with Crippen molar-refractivity contribution in [2.24, 2.45) is 17.8 Å². The summed E-state index contributed by atoms with van der Waals surface area (Å²) in [4.78, 5) is 56.4. The molecule has 1 fully saturated rings. The molecule has 4 unspecified atom stereocenters. The topological polar surface area (TPSA) is 110 Å². The third kappa shape index (κ3) is 5.13. The highest BCUT2D eigenvalue weighted by atomic mass is 79.9. The van der Waals surface area contributed by atoms with Crippen LogP contribution < -0.4 is 14.4 Å². The second kappa shape index (κ2) is 12.2. The van der Waals surface area contributed by atoms with Gasteiger partial charge >= 0.3 is 0 Å². The minimum atomic E-state index is -0.718. The zero-order valence-electron chi connectivity index (χ0n) is 26.5. The van der Waals surface area contributed by atoms with Crippen molar-refractivity contribution in [2.75, 3.05) is 19.1 Å². The number of carbonyl (C=O) groups excluding carboxylic acids is 4. The van der Waals surface area contributed by atoms with Gasteiger partial charge in [-0.15, -0.1) is 0 Å². The standard InChI is InChI=1S/C39H32BrNO7/c1-20-16-32(43)36-30(37(20)44)19-28-26(34(36)29-18-23(40)8-14-31(29)42)12-13-27-35(28)39(46)41(38(27)45)24-9-5-21(6-10-24)4-7-22-17-25(47-2)11-15-33(22)48-3/h4-12,14-18,27-28,34-35,42H,13,19H2,1-3H3. The van der Waals surface area contributed by atoms with Gasteiger partial charge in [0.2, 0.25) is 11.8 Å². The van der Waals surface area contributed by atoms with E-state index in [1.165, 1.54) is 11.0 Å². The first kappa shape index (κ1) is 31.6. The van der Waals surface area contributed by atoms with Crippen molar-refractivity contribution in [3.05, 3.63) is 116 Å². The molecule has 0 spiro atoms. The number of aromatic hydroxyl groups is 1. The Morgan fingerprint density at radius 2 is 1.67 bits per heavy atom. The number of benzene rings is 3. The van der Waals surface area contributed by atoms with Crippen LogP contribution in [0.4, 0.5) is 5.69 Å². The molecule has 0 radical (unpaired) electrons. The van der Waals surface area contributed by atoms with Gasteiger partial charge in [0.1, 0.15) is 17.2 Å². The minimum Gasteiger partial charge on any atom is -0.508 e. The molecule has 4 aliphatic rings. The number of anilines is 1. The van der Waals surface area contributed by atoms with Gasteiger partial charge in [-0.2, -0.15) is 0 Å². The first-order valence-electron chi connectivity index (χ1n) is 15.7. The predicted molar refractivity (Wildman–Crippen MR) is 185 cm³/mol. The van der Waals surface area contributed by atoms with E-state index in [4.69, 9.17) is 9.47 Å². The van der Waals surface area contributed by atoms with Crippen LogP contribution in [0, 0.1) is 17.8 Å². The Balaban J connectivity index is 1.21. The lowest BCUT2D eigenvalue weighted by Gasteiger charge is -2.42. The summed E-state index contributed by atoms with van der Waals surface area (Å²) in [6.45, 7) is 1.61. The van der Waals surface area contributed by atoms with Crippen LogP contribution in [0.1, 0.15) is 42.4 Å². The van der Waals surface area contributed by atoms with Crippen LogP contribution in [0.3, 0.4) is 0 Å².